The second kappa shape index (κ2) is 4.40. The van der Waals surface area contributed by atoms with E-state index in [0.29, 0.717) is 0 Å². The molecule has 0 saturated heterocycles. The van der Waals surface area contributed by atoms with Crippen molar-refractivity contribution in [2.45, 2.75) is 46.0 Å². The highest BCUT2D eigenvalue weighted by molar-refractivity contribution is 5.37. The van der Waals surface area contributed by atoms with Gasteiger partial charge in [-0.3, -0.25) is 0 Å². The maximum Gasteiger partial charge on any atom is 0.0187 e. The van der Waals surface area contributed by atoms with Crippen LogP contribution >= 0.6 is 0 Å². The minimum absolute atomic E-state index is 0.810. The van der Waals surface area contributed by atoms with E-state index in [4.69, 9.17) is 5.73 Å². The van der Waals surface area contributed by atoms with Crippen molar-refractivity contribution >= 4 is 0 Å². The molecule has 2 nitrogen and oxygen atoms in total. The highest BCUT2D eigenvalue weighted by Crippen LogP contribution is 2.30. The number of rotatable bonds is 3. The molecule has 0 aromatic carbocycles. The Labute approximate surface area is 92.3 Å². The number of nitrogens with two attached hydrogens (primary N) is 1. The highest BCUT2D eigenvalue weighted by Gasteiger charge is 2.22. The summed E-state index contributed by atoms with van der Waals surface area (Å²) in [5.41, 5.74) is 11.7. The van der Waals surface area contributed by atoms with Crippen molar-refractivity contribution in [1.29, 1.82) is 0 Å². The quantitative estimate of drug-likeness (QED) is 0.783. The summed E-state index contributed by atoms with van der Waals surface area (Å²) >= 11 is 0. The molecule has 2 heteroatoms. The molecule has 3 N–H and O–H groups in total. The minimum atomic E-state index is 0.810. The fourth-order valence-electron chi connectivity index (χ4n) is 2.85. The minimum Gasteiger partial charge on any atom is -0.362 e. The number of aromatic amines is 1. The van der Waals surface area contributed by atoms with Crippen LogP contribution in [0.4, 0.5) is 0 Å². The third-order valence-corrected chi connectivity index (χ3v) is 3.80. The summed E-state index contributed by atoms with van der Waals surface area (Å²) in [5, 5.41) is 0. The van der Waals surface area contributed by atoms with Crippen LogP contribution in [0.25, 0.3) is 0 Å². The number of fused-ring (bicyclic) bond motifs is 1. The molecule has 0 aliphatic heterocycles. The number of aryl methyl sites for hydroxylation is 1. The molecule has 0 radical (unpaired) electrons. The Hall–Kier alpha value is -0.760. The monoisotopic (exact) mass is 206 g/mol. The third-order valence-electron chi connectivity index (χ3n) is 3.80. The number of hydrogen-bond donors (Lipinski definition) is 2. The molecule has 1 unspecified atom stereocenters. The van der Waals surface area contributed by atoms with Crippen molar-refractivity contribution in [2.24, 2.45) is 11.7 Å². The van der Waals surface area contributed by atoms with Crippen molar-refractivity contribution in [2.75, 3.05) is 6.54 Å². The van der Waals surface area contributed by atoms with E-state index in [1.54, 1.807) is 5.56 Å². The lowest BCUT2D eigenvalue weighted by Crippen LogP contribution is -2.17. The lowest BCUT2D eigenvalue weighted by Gasteiger charge is -2.21. The Kier molecular flexibility index (Phi) is 3.15. The largest absolute Gasteiger partial charge is 0.362 e. The van der Waals surface area contributed by atoms with Crippen LogP contribution in [0, 0.1) is 12.8 Å². The highest BCUT2D eigenvalue weighted by atomic mass is 14.7. The molecular formula is C13H22N2. The van der Waals surface area contributed by atoms with Gasteiger partial charge < -0.3 is 10.7 Å². The van der Waals surface area contributed by atoms with Crippen molar-refractivity contribution in [3.8, 4) is 0 Å². The van der Waals surface area contributed by atoms with Crippen LogP contribution in [-0.2, 0) is 19.3 Å². The van der Waals surface area contributed by atoms with Crippen LogP contribution < -0.4 is 5.73 Å². The summed E-state index contributed by atoms with van der Waals surface area (Å²) in [5.74, 6) is 0.810. The SMILES string of the molecule is CCc1[nH]c2c(c1C)CCC(CCN)C2. The first kappa shape index (κ1) is 10.7. The fraction of sp³-hybridized carbons (Fsp3) is 0.692. The molecule has 1 aliphatic rings. The summed E-state index contributed by atoms with van der Waals surface area (Å²) < 4.78 is 0. The lowest BCUT2D eigenvalue weighted by molar-refractivity contribution is 0.428. The van der Waals surface area contributed by atoms with E-state index in [0.717, 1.165) is 18.9 Å². The van der Waals surface area contributed by atoms with Gasteiger partial charge in [-0.05, 0) is 62.6 Å². The Bertz CT molecular complexity index is 339. The van der Waals surface area contributed by atoms with E-state index >= 15 is 0 Å². The smallest absolute Gasteiger partial charge is 0.0187 e. The average molecular weight is 206 g/mol. The Morgan fingerprint density at radius 2 is 2.27 bits per heavy atom. The maximum absolute atomic E-state index is 5.63. The number of H-pyrrole nitrogens is 1. The van der Waals surface area contributed by atoms with Gasteiger partial charge in [0.25, 0.3) is 0 Å². The second-order valence-corrected chi connectivity index (χ2v) is 4.73. The maximum atomic E-state index is 5.63. The Morgan fingerprint density at radius 3 is 2.93 bits per heavy atom. The molecule has 1 aromatic heterocycles. The van der Waals surface area contributed by atoms with Gasteiger partial charge in [0.2, 0.25) is 0 Å². The fourth-order valence-corrected chi connectivity index (χ4v) is 2.85. The number of nitrogens with one attached hydrogen (secondary N) is 1. The molecule has 0 saturated carbocycles. The van der Waals surface area contributed by atoms with Gasteiger partial charge in [0, 0.05) is 11.4 Å². The molecule has 84 valence electrons. The van der Waals surface area contributed by atoms with E-state index in [2.05, 4.69) is 18.8 Å². The third kappa shape index (κ3) is 1.96. The topological polar surface area (TPSA) is 41.8 Å². The van der Waals surface area contributed by atoms with Crippen molar-refractivity contribution < 1.29 is 0 Å². The zero-order chi connectivity index (χ0) is 10.8. The van der Waals surface area contributed by atoms with E-state index in [1.165, 1.54) is 42.6 Å². The molecule has 15 heavy (non-hydrogen) atoms. The van der Waals surface area contributed by atoms with Crippen LogP contribution in [0.2, 0.25) is 0 Å². The van der Waals surface area contributed by atoms with Crippen LogP contribution in [0.1, 0.15) is 42.3 Å². The van der Waals surface area contributed by atoms with Crippen LogP contribution in [0.15, 0.2) is 0 Å². The summed E-state index contributed by atoms with van der Waals surface area (Å²) in [6, 6.07) is 0. The lowest BCUT2D eigenvalue weighted by atomic mass is 9.84. The van der Waals surface area contributed by atoms with Crippen molar-refractivity contribution in [3.63, 3.8) is 0 Å². The van der Waals surface area contributed by atoms with E-state index in [1.807, 2.05) is 0 Å². The van der Waals surface area contributed by atoms with E-state index < -0.39 is 0 Å². The average Bonchev–Trinajstić information content (AvgIpc) is 2.56. The second-order valence-electron chi connectivity index (χ2n) is 4.73. The van der Waals surface area contributed by atoms with Crippen LogP contribution in [0.3, 0.4) is 0 Å². The molecule has 0 fully saturated rings. The van der Waals surface area contributed by atoms with Gasteiger partial charge in [0.15, 0.2) is 0 Å². The molecular weight excluding hydrogens is 184 g/mol. The van der Waals surface area contributed by atoms with Gasteiger partial charge in [-0.15, -0.1) is 0 Å². The summed E-state index contributed by atoms with van der Waals surface area (Å²) in [6.45, 7) is 5.32. The first-order valence-corrected chi connectivity index (χ1v) is 6.15. The normalized spacial score (nSPS) is 20.3. The standard InChI is InChI=1S/C13H22N2/c1-3-12-9(2)11-5-4-10(6-7-14)8-13(11)15-12/h10,15H,3-8,14H2,1-2H3. The van der Waals surface area contributed by atoms with Gasteiger partial charge in [-0.2, -0.15) is 0 Å². The number of aromatic nitrogens is 1. The van der Waals surface area contributed by atoms with Gasteiger partial charge in [0.05, 0.1) is 0 Å². The predicted molar refractivity (Wildman–Crippen MR) is 64.1 cm³/mol. The van der Waals surface area contributed by atoms with Crippen LogP contribution in [0.5, 0.6) is 0 Å². The van der Waals surface area contributed by atoms with Gasteiger partial charge in [-0.1, -0.05) is 6.92 Å². The summed E-state index contributed by atoms with van der Waals surface area (Å²) in [7, 11) is 0. The molecule has 2 rings (SSSR count). The van der Waals surface area contributed by atoms with Gasteiger partial charge in [0.1, 0.15) is 0 Å². The zero-order valence-electron chi connectivity index (χ0n) is 9.90. The van der Waals surface area contributed by atoms with Crippen LogP contribution in [-0.4, -0.2) is 11.5 Å². The Morgan fingerprint density at radius 1 is 1.47 bits per heavy atom. The molecule has 0 amide bonds. The van der Waals surface area contributed by atoms with E-state index in [9.17, 15) is 0 Å². The molecule has 1 atom stereocenters. The molecule has 0 bridgehead atoms. The molecule has 1 heterocycles. The molecule has 1 aliphatic carbocycles. The number of hydrogen-bond acceptors (Lipinski definition) is 1. The molecule has 1 aromatic rings. The Balaban J connectivity index is 2.19. The molecule has 0 spiro atoms. The first-order chi connectivity index (χ1) is 7.26. The zero-order valence-corrected chi connectivity index (χ0v) is 9.90. The summed E-state index contributed by atoms with van der Waals surface area (Å²) in [4.78, 5) is 3.60. The van der Waals surface area contributed by atoms with Gasteiger partial charge in [-0.25, -0.2) is 0 Å². The summed E-state index contributed by atoms with van der Waals surface area (Å²) in [6.07, 6.45) is 6.10. The predicted octanol–water partition coefficient (Wildman–Crippen LogP) is 2.34. The van der Waals surface area contributed by atoms with E-state index in [-0.39, 0.29) is 0 Å². The first-order valence-electron chi connectivity index (χ1n) is 6.15. The van der Waals surface area contributed by atoms with Gasteiger partial charge >= 0.3 is 0 Å². The van der Waals surface area contributed by atoms with Crippen molar-refractivity contribution in [3.05, 3.63) is 22.5 Å². The van der Waals surface area contributed by atoms with Crippen molar-refractivity contribution in [1.82, 2.24) is 4.98 Å².